The Morgan fingerprint density at radius 3 is 2.21 bits per heavy atom. The maximum atomic E-state index is 14.4. The number of aliphatic hydroxyl groups is 1. The van der Waals surface area contributed by atoms with Crippen LogP contribution in [0.2, 0.25) is 0 Å². The summed E-state index contributed by atoms with van der Waals surface area (Å²) in [5, 5.41) is 8.91. The maximum Gasteiger partial charge on any atom is 0.417 e. The van der Waals surface area contributed by atoms with Crippen LogP contribution in [-0.2, 0) is 31.9 Å². The van der Waals surface area contributed by atoms with E-state index in [2.05, 4.69) is 15.9 Å². The molecular formula is C34H48BrNO7. The highest BCUT2D eigenvalue weighted by atomic mass is 79.9. The van der Waals surface area contributed by atoms with Crippen molar-refractivity contribution >= 4 is 33.9 Å². The zero-order valence-corrected chi connectivity index (χ0v) is 27.9. The number of nitrogens with zero attached hydrogens (tertiary/aromatic N) is 1. The summed E-state index contributed by atoms with van der Waals surface area (Å²) >= 11 is 3.62. The second-order valence-corrected chi connectivity index (χ2v) is 13.3. The van der Waals surface area contributed by atoms with Gasteiger partial charge in [0.2, 0.25) is 5.91 Å². The van der Waals surface area contributed by atoms with E-state index in [1.165, 1.54) is 24.7 Å². The molecule has 0 bridgehead atoms. The van der Waals surface area contributed by atoms with E-state index in [0.717, 1.165) is 54.3 Å². The van der Waals surface area contributed by atoms with E-state index in [0.29, 0.717) is 12.2 Å². The van der Waals surface area contributed by atoms with E-state index < -0.39 is 41.6 Å². The fourth-order valence-electron chi connectivity index (χ4n) is 6.17. The predicted octanol–water partition coefficient (Wildman–Crippen LogP) is 7.94. The number of carbonyl (C=O) groups is 3. The largest absolute Gasteiger partial charge is 0.461 e. The van der Waals surface area contributed by atoms with Gasteiger partial charge in [-0.15, -0.1) is 0 Å². The number of furan rings is 1. The lowest BCUT2D eigenvalue weighted by Gasteiger charge is -2.34. The minimum absolute atomic E-state index is 0.0557. The third kappa shape index (κ3) is 9.67. The van der Waals surface area contributed by atoms with E-state index >= 15 is 0 Å². The molecule has 1 saturated heterocycles. The third-order valence-corrected chi connectivity index (χ3v) is 8.72. The number of amides is 2. The molecule has 3 atom stereocenters. The van der Waals surface area contributed by atoms with Gasteiger partial charge in [-0.25, -0.2) is 9.69 Å². The van der Waals surface area contributed by atoms with Crippen molar-refractivity contribution in [2.24, 2.45) is 11.8 Å². The molecule has 1 aromatic carbocycles. The molecule has 9 heteroatoms. The summed E-state index contributed by atoms with van der Waals surface area (Å²) < 4.78 is 18.5. The van der Waals surface area contributed by atoms with E-state index in [1.807, 2.05) is 58.0 Å². The first-order chi connectivity index (χ1) is 20.5. The molecule has 1 aliphatic heterocycles. The highest BCUT2D eigenvalue weighted by molar-refractivity contribution is 9.10. The molecule has 43 heavy (non-hydrogen) atoms. The Balaban J connectivity index is 1.85. The van der Waals surface area contributed by atoms with Gasteiger partial charge in [0.15, 0.2) is 6.10 Å². The number of halogens is 1. The monoisotopic (exact) mass is 661 g/mol. The van der Waals surface area contributed by atoms with Crippen LogP contribution < -0.4 is 0 Å². The number of benzene rings is 1. The Morgan fingerprint density at radius 1 is 1.02 bits per heavy atom. The summed E-state index contributed by atoms with van der Waals surface area (Å²) in [6.07, 6.45) is 7.79. The molecule has 1 fully saturated rings. The van der Waals surface area contributed by atoms with Crippen LogP contribution in [0, 0.1) is 11.8 Å². The van der Waals surface area contributed by atoms with Crippen molar-refractivity contribution in [3.8, 4) is 0 Å². The lowest BCUT2D eigenvalue weighted by molar-refractivity contribution is -0.156. The second kappa shape index (κ2) is 16.4. The van der Waals surface area contributed by atoms with Gasteiger partial charge >= 0.3 is 12.1 Å². The molecule has 2 amide bonds. The van der Waals surface area contributed by atoms with Gasteiger partial charge in [-0.1, -0.05) is 82.7 Å². The van der Waals surface area contributed by atoms with Crippen molar-refractivity contribution in [2.75, 3.05) is 6.61 Å². The lowest BCUT2D eigenvalue weighted by atomic mass is 9.86. The average molecular weight is 663 g/mol. The lowest BCUT2D eigenvalue weighted by Crippen LogP contribution is -2.51. The van der Waals surface area contributed by atoms with Gasteiger partial charge in [-0.2, -0.15) is 0 Å². The molecule has 1 aliphatic rings. The molecule has 2 heterocycles. The first-order valence-corrected chi connectivity index (χ1v) is 16.4. The van der Waals surface area contributed by atoms with Crippen LogP contribution in [0.3, 0.4) is 0 Å². The van der Waals surface area contributed by atoms with E-state index in [4.69, 9.17) is 19.0 Å². The zero-order valence-electron chi connectivity index (χ0n) is 26.3. The Kier molecular flexibility index (Phi) is 13.3. The minimum Gasteiger partial charge on any atom is -0.461 e. The first-order valence-electron chi connectivity index (χ1n) is 15.6. The number of cyclic esters (lactones) is 1. The van der Waals surface area contributed by atoms with Gasteiger partial charge in [-0.05, 0) is 66.6 Å². The molecule has 0 unspecified atom stereocenters. The van der Waals surface area contributed by atoms with Crippen LogP contribution >= 0.6 is 15.9 Å². The summed E-state index contributed by atoms with van der Waals surface area (Å²) in [4.78, 5) is 41.1. The number of esters is 1. The van der Waals surface area contributed by atoms with Crippen molar-refractivity contribution in [3.63, 3.8) is 0 Å². The number of imide groups is 1. The topological polar surface area (TPSA) is 106 Å². The molecule has 3 rings (SSSR count). The maximum absolute atomic E-state index is 14.4. The Hall–Kier alpha value is -2.65. The quantitative estimate of drug-likeness (QED) is 0.135. The number of hydrogen-bond acceptors (Lipinski definition) is 7. The number of carbonyl (C=O) groups excluding carboxylic acids is 3. The summed E-state index contributed by atoms with van der Waals surface area (Å²) in [6.45, 7) is 9.11. The number of hydrogen-bond donors (Lipinski definition) is 1. The normalized spacial score (nSPS) is 17.6. The van der Waals surface area contributed by atoms with Gasteiger partial charge in [0, 0.05) is 20.0 Å². The van der Waals surface area contributed by atoms with Gasteiger partial charge in [0.05, 0.1) is 16.4 Å². The molecule has 238 valence electrons. The standard InChI is InChI=1S/C34H48BrNO7/c1-23(2)31-34(4,5)43-33(40)36(31)32(39)26(21-25-17-13-12-14-18-25)30(41-24(3)38)29-22-27(35)28(42-29)19-15-10-8-6-7-9-11-16-20-37/h12-14,17-18,22-23,26,30-31,37H,6-11,15-16,19-21H2,1-5H3/t26-,30+,31+/m1/s1. The number of unbranched alkanes of at least 4 members (excludes halogenated alkanes) is 7. The van der Waals surface area contributed by atoms with Crippen LogP contribution in [0.1, 0.15) is 109 Å². The summed E-state index contributed by atoms with van der Waals surface area (Å²) in [6, 6.07) is 10.8. The number of rotatable bonds is 17. The zero-order chi connectivity index (χ0) is 31.6. The smallest absolute Gasteiger partial charge is 0.417 e. The Bertz CT molecular complexity index is 1190. The Labute approximate surface area is 264 Å². The highest BCUT2D eigenvalue weighted by Crippen LogP contribution is 2.40. The molecule has 1 aromatic heterocycles. The van der Waals surface area contributed by atoms with E-state index in [1.54, 1.807) is 6.07 Å². The number of ether oxygens (including phenoxy) is 2. The molecule has 0 aliphatic carbocycles. The predicted molar refractivity (Wildman–Crippen MR) is 168 cm³/mol. The minimum atomic E-state index is -1.04. The summed E-state index contributed by atoms with van der Waals surface area (Å²) in [7, 11) is 0. The molecular weight excluding hydrogens is 614 g/mol. The van der Waals surface area contributed by atoms with Crippen LogP contribution in [0.15, 0.2) is 45.3 Å². The van der Waals surface area contributed by atoms with Gasteiger partial charge in [0.25, 0.3) is 0 Å². The van der Waals surface area contributed by atoms with Crippen molar-refractivity contribution in [2.45, 2.75) is 117 Å². The van der Waals surface area contributed by atoms with E-state index in [9.17, 15) is 14.4 Å². The van der Waals surface area contributed by atoms with Crippen molar-refractivity contribution in [1.29, 1.82) is 0 Å². The molecule has 0 radical (unpaired) electrons. The van der Waals surface area contributed by atoms with Crippen molar-refractivity contribution in [3.05, 3.63) is 58.0 Å². The second-order valence-electron chi connectivity index (χ2n) is 12.4. The highest BCUT2D eigenvalue weighted by Gasteiger charge is 2.54. The van der Waals surface area contributed by atoms with Crippen LogP contribution in [-0.4, -0.2) is 46.2 Å². The molecule has 2 aromatic rings. The van der Waals surface area contributed by atoms with Gasteiger partial charge < -0.3 is 19.0 Å². The SMILES string of the molecule is CC(=O)O[C@H](c1cc(Br)c(CCCCCCCCCCO)o1)[C@@H](Cc1ccccc1)C(=O)N1C(=O)OC(C)(C)[C@@H]1C(C)C. The van der Waals surface area contributed by atoms with Crippen molar-refractivity contribution < 1.29 is 33.4 Å². The van der Waals surface area contributed by atoms with Crippen molar-refractivity contribution in [1.82, 2.24) is 4.90 Å². The van der Waals surface area contributed by atoms with Gasteiger partial charge in [-0.3, -0.25) is 9.59 Å². The molecule has 8 nitrogen and oxygen atoms in total. The fourth-order valence-corrected chi connectivity index (χ4v) is 6.67. The summed E-state index contributed by atoms with van der Waals surface area (Å²) in [5.74, 6) is -0.886. The molecule has 0 spiro atoms. The number of aliphatic hydroxyl groups excluding tert-OH is 1. The van der Waals surface area contributed by atoms with Crippen LogP contribution in [0.5, 0.6) is 0 Å². The molecule has 0 saturated carbocycles. The third-order valence-electron chi connectivity index (χ3n) is 8.05. The van der Waals surface area contributed by atoms with Gasteiger partial charge in [0.1, 0.15) is 17.1 Å². The van der Waals surface area contributed by atoms with Crippen LogP contribution in [0.4, 0.5) is 4.79 Å². The molecule has 1 N–H and O–H groups in total. The van der Waals surface area contributed by atoms with Crippen LogP contribution in [0.25, 0.3) is 0 Å². The summed E-state index contributed by atoms with van der Waals surface area (Å²) in [5.41, 5.74) is 0.00301. The Morgan fingerprint density at radius 2 is 1.63 bits per heavy atom. The first kappa shape index (κ1) is 34.8. The van der Waals surface area contributed by atoms with E-state index in [-0.39, 0.29) is 18.9 Å². The number of aryl methyl sites for hydroxylation is 1. The average Bonchev–Trinajstić information content (AvgIpc) is 3.43. The fraction of sp³-hybridized carbons (Fsp3) is 0.618.